The van der Waals surface area contributed by atoms with Crippen molar-refractivity contribution in [2.75, 3.05) is 6.61 Å². The van der Waals surface area contributed by atoms with E-state index in [2.05, 4.69) is 14.0 Å². The van der Waals surface area contributed by atoms with Gasteiger partial charge in [0.2, 0.25) is 0 Å². The van der Waals surface area contributed by atoms with Gasteiger partial charge in [0.15, 0.2) is 18.1 Å². The second-order valence-corrected chi connectivity index (χ2v) is 8.88. The monoisotopic (exact) mass is 516 g/mol. The van der Waals surface area contributed by atoms with Crippen molar-refractivity contribution in [1.29, 1.82) is 0 Å². The molecular formula is C12H22O18P2. The zero-order valence-electron chi connectivity index (χ0n) is 15.6. The van der Waals surface area contributed by atoms with Gasteiger partial charge in [0.1, 0.15) is 36.6 Å². The van der Waals surface area contributed by atoms with Gasteiger partial charge in [-0.25, -0.2) is 18.5 Å². The van der Waals surface area contributed by atoms with Gasteiger partial charge in [-0.05, 0) is 0 Å². The summed E-state index contributed by atoms with van der Waals surface area (Å²) in [5.74, 6) is -8.33. The van der Waals surface area contributed by atoms with Crippen LogP contribution in [0.5, 0.6) is 0 Å². The number of phosphoric ester groups is 1. The lowest BCUT2D eigenvalue weighted by Crippen LogP contribution is -2.67. The largest absolute Gasteiger partial charge is 0.469 e. The average molecular weight is 516 g/mol. The number of ether oxygens (including phenoxy) is 2. The molecule has 1 rings (SSSR count). The lowest BCUT2D eigenvalue weighted by Gasteiger charge is -2.44. The molecule has 0 aromatic carbocycles. The van der Waals surface area contributed by atoms with Crippen LogP contribution in [0, 0.1) is 0 Å². The van der Waals surface area contributed by atoms with Crippen molar-refractivity contribution < 1.29 is 88.2 Å². The number of phosphoric acid groups is 1. The van der Waals surface area contributed by atoms with Crippen LogP contribution in [-0.2, 0) is 32.5 Å². The highest BCUT2D eigenvalue weighted by atomic mass is 31.2. The molecule has 0 saturated carbocycles. The minimum atomic E-state index is -5.14. The molecule has 32 heavy (non-hydrogen) atoms. The standard InChI is InChI=1S/C12H22O18P2/c13-3-2(1-28-32(25,26)27)29-12(22,9(19)6(3)16)30-10(20)7(17)4(14)5(15)8(18)11(21)31(23)24/h2-9,11,13-19,21-22H,1H2,(H2,25,26,27)/t2-,3-,4?,5?,6+,7?,8?,9-,11?,12+/m1/s1. The van der Waals surface area contributed by atoms with E-state index in [1.807, 2.05) is 0 Å². The van der Waals surface area contributed by atoms with Crippen LogP contribution in [0.3, 0.4) is 0 Å². The third kappa shape index (κ3) is 7.04. The Morgan fingerprint density at radius 1 is 1.00 bits per heavy atom. The summed E-state index contributed by atoms with van der Waals surface area (Å²) >= 11 is 0. The van der Waals surface area contributed by atoms with E-state index in [9.17, 15) is 59.3 Å². The highest BCUT2D eigenvalue weighted by Gasteiger charge is 2.57. The van der Waals surface area contributed by atoms with Crippen LogP contribution < -0.4 is 0 Å². The Bertz CT molecular complexity index is 759. The summed E-state index contributed by atoms with van der Waals surface area (Å²) in [6.07, 6.45) is -20.1. The predicted octanol–water partition coefficient (Wildman–Crippen LogP) is -6.30. The van der Waals surface area contributed by atoms with Crippen molar-refractivity contribution in [3.8, 4) is 0 Å². The zero-order valence-corrected chi connectivity index (χ0v) is 17.4. The van der Waals surface area contributed by atoms with Crippen molar-refractivity contribution in [3.63, 3.8) is 0 Å². The van der Waals surface area contributed by atoms with Gasteiger partial charge < -0.3 is 65.2 Å². The number of aliphatic hydroxyl groups excluding tert-OH is 8. The number of rotatable bonds is 10. The maximum atomic E-state index is 12.0. The maximum absolute atomic E-state index is 12.0. The number of carbonyl (C=O) groups excluding carboxylic acids is 1. The summed E-state index contributed by atoms with van der Waals surface area (Å²) in [7, 11) is -8.86. The lowest BCUT2D eigenvalue weighted by atomic mass is 9.97. The van der Waals surface area contributed by atoms with Crippen molar-refractivity contribution in [2.45, 2.75) is 60.6 Å². The molecule has 188 valence electrons. The van der Waals surface area contributed by atoms with E-state index < -0.39 is 88.7 Å². The molecule has 1 heterocycles. The van der Waals surface area contributed by atoms with E-state index in [1.54, 1.807) is 0 Å². The average Bonchev–Trinajstić information content (AvgIpc) is 2.70. The fraction of sp³-hybridized carbons (Fsp3) is 0.917. The van der Waals surface area contributed by atoms with Crippen LogP contribution in [-0.4, -0.2) is 129 Å². The van der Waals surface area contributed by atoms with E-state index in [-0.39, 0.29) is 0 Å². The Morgan fingerprint density at radius 2 is 1.53 bits per heavy atom. The second kappa shape index (κ2) is 11.0. The summed E-state index contributed by atoms with van der Waals surface area (Å²) in [6, 6.07) is 0. The third-order valence-electron chi connectivity index (χ3n) is 4.19. The zero-order chi connectivity index (χ0) is 25.2. The Kier molecular flexibility index (Phi) is 10.0. The smallest absolute Gasteiger partial charge is 0.404 e. The van der Waals surface area contributed by atoms with Crippen LogP contribution in [0.1, 0.15) is 0 Å². The first kappa shape index (κ1) is 29.1. The van der Waals surface area contributed by atoms with Crippen molar-refractivity contribution in [1.82, 2.24) is 0 Å². The summed E-state index contributed by atoms with van der Waals surface area (Å²) in [5.41, 5.74) is 0. The van der Waals surface area contributed by atoms with Gasteiger partial charge >= 0.3 is 27.4 Å². The summed E-state index contributed by atoms with van der Waals surface area (Å²) in [5, 5.41) is 87.1. The number of hydrogen-bond donors (Lipinski definition) is 11. The molecule has 18 nitrogen and oxygen atoms in total. The molecule has 10 atom stereocenters. The minimum absolute atomic E-state index is 1.21. The lowest BCUT2D eigenvalue weighted by molar-refractivity contribution is -0.435. The highest BCUT2D eigenvalue weighted by Crippen LogP contribution is 2.38. The molecule has 20 heteroatoms. The molecule has 0 aliphatic carbocycles. The van der Waals surface area contributed by atoms with E-state index >= 15 is 0 Å². The molecule has 0 spiro atoms. The van der Waals surface area contributed by atoms with Crippen molar-refractivity contribution >= 4 is 21.5 Å². The Labute approximate surface area is 177 Å². The first-order chi connectivity index (χ1) is 14.4. The van der Waals surface area contributed by atoms with Crippen LogP contribution in [0.15, 0.2) is 0 Å². The molecule has 1 saturated heterocycles. The Hall–Kier alpha value is -0.920. The van der Waals surface area contributed by atoms with Gasteiger partial charge in [-0.1, -0.05) is 0 Å². The van der Waals surface area contributed by atoms with Crippen LogP contribution in [0.4, 0.5) is 0 Å². The SMILES string of the molecule is O=C(O[C@@]1(O)O[C@H](COP(=O)(O)O)[C@@H](O)[C@H](O)[C@H]1O)C(O)C(O)C(O)C(O)C(O)P(=O)=O. The first-order valence-electron chi connectivity index (χ1n) is 8.34. The summed E-state index contributed by atoms with van der Waals surface area (Å²) < 4.78 is 44.8. The molecule has 0 aromatic rings. The quantitative estimate of drug-likeness (QED) is 0.0730. The second-order valence-electron chi connectivity index (χ2n) is 6.54. The van der Waals surface area contributed by atoms with Crippen LogP contribution >= 0.6 is 15.5 Å². The van der Waals surface area contributed by atoms with E-state index in [0.29, 0.717) is 0 Å². The van der Waals surface area contributed by atoms with Gasteiger partial charge in [0.25, 0.3) is 0 Å². The molecule has 5 unspecified atom stereocenters. The molecule has 0 bridgehead atoms. The molecule has 1 aliphatic rings. The van der Waals surface area contributed by atoms with Crippen LogP contribution in [0.2, 0.25) is 0 Å². The van der Waals surface area contributed by atoms with Crippen molar-refractivity contribution in [3.05, 3.63) is 0 Å². The van der Waals surface area contributed by atoms with Gasteiger partial charge in [-0.2, -0.15) is 0 Å². The molecule has 1 aliphatic heterocycles. The topological polar surface area (TPSA) is 318 Å². The molecule has 0 radical (unpaired) electrons. The third-order valence-corrected chi connectivity index (χ3v) is 5.41. The number of esters is 1. The molecule has 0 amide bonds. The van der Waals surface area contributed by atoms with E-state index in [0.717, 1.165) is 0 Å². The molecule has 0 aromatic heterocycles. The van der Waals surface area contributed by atoms with E-state index in [1.165, 1.54) is 0 Å². The molecule has 11 N–H and O–H groups in total. The minimum Gasteiger partial charge on any atom is -0.404 e. The number of hydrogen-bond acceptors (Lipinski definition) is 16. The van der Waals surface area contributed by atoms with E-state index in [4.69, 9.17) is 14.9 Å². The first-order valence-corrected chi connectivity index (χ1v) is 11.1. The highest BCUT2D eigenvalue weighted by molar-refractivity contribution is 7.46. The van der Waals surface area contributed by atoms with Gasteiger partial charge in [0.05, 0.1) is 6.61 Å². The summed E-state index contributed by atoms with van der Waals surface area (Å²) in [4.78, 5) is 29.3. The number of aliphatic hydroxyl groups is 9. The van der Waals surface area contributed by atoms with Crippen LogP contribution in [0.25, 0.3) is 0 Å². The fourth-order valence-electron chi connectivity index (χ4n) is 2.40. The predicted molar refractivity (Wildman–Crippen MR) is 90.3 cm³/mol. The van der Waals surface area contributed by atoms with Crippen molar-refractivity contribution in [2.24, 2.45) is 0 Å². The normalized spacial score (nSPS) is 33.6. The summed E-state index contributed by atoms with van der Waals surface area (Å²) in [6.45, 7) is -1.21. The van der Waals surface area contributed by atoms with Gasteiger partial charge in [-0.3, -0.25) is 4.52 Å². The molecule has 1 fully saturated rings. The maximum Gasteiger partial charge on any atom is 0.469 e. The fourth-order valence-corrected chi connectivity index (χ4v) is 3.17. The van der Waals surface area contributed by atoms with Gasteiger partial charge in [0, 0.05) is 0 Å². The van der Waals surface area contributed by atoms with Gasteiger partial charge in [-0.15, -0.1) is 0 Å². The number of carbonyl (C=O) groups is 1. The Balaban J connectivity index is 2.96. The molecular weight excluding hydrogens is 494 g/mol. The Morgan fingerprint density at radius 3 is 2.00 bits per heavy atom.